The van der Waals surface area contributed by atoms with Crippen LogP contribution in [0.1, 0.15) is 28.4 Å². The van der Waals surface area contributed by atoms with Crippen LogP contribution in [0, 0.1) is 6.92 Å². The van der Waals surface area contributed by atoms with Gasteiger partial charge in [-0.3, -0.25) is 0 Å². The van der Waals surface area contributed by atoms with Gasteiger partial charge in [0.25, 0.3) is 0 Å². The standard InChI is InChI=1S/C10H12O2.C2H4O/c1-3-8-6-7(2)4-5-9(8)10(11)12;1-2-3-1/h4-6H,3H2,1-2H3,(H,11,12);1-2H2. The van der Waals surface area contributed by atoms with E-state index in [1.807, 2.05) is 26.0 Å². The van der Waals surface area contributed by atoms with Crippen molar-refractivity contribution in [3.8, 4) is 0 Å². The lowest BCUT2D eigenvalue weighted by atomic mass is 10.0. The lowest BCUT2D eigenvalue weighted by Gasteiger charge is -2.03. The Hall–Kier alpha value is -1.35. The highest BCUT2D eigenvalue weighted by atomic mass is 16.6. The minimum absolute atomic E-state index is 0.420. The second-order valence-corrected chi connectivity index (χ2v) is 3.43. The molecule has 0 bridgehead atoms. The lowest BCUT2D eigenvalue weighted by molar-refractivity contribution is 0.0696. The van der Waals surface area contributed by atoms with Gasteiger partial charge in [-0.25, -0.2) is 4.79 Å². The summed E-state index contributed by atoms with van der Waals surface area (Å²) < 4.78 is 4.50. The maximum absolute atomic E-state index is 10.7. The Labute approximate surface area is 89.7 Å². The minimum Gasteiger partial charge on any atom is -0.478 e. The van der Waals surface area contributed by atoms with Crippen molar-refractivity contribution in [2.24, 2.45) is 0 Å². The Morgan fingerprint density at radius 2 is 2.07 bits per heavy atom. The fraction of sp³-hybridized carbons (Fsp3) is 0.417. The van der Waals surface area contributed by atoms with Crippen LogP contribution >= 0.6 is 0 Å². The summed E-state index contributed by atoms with van der Waals surface area (Å²) in [6, 6.07) is 5.41. The maximum Gasteiger partial charge on any atom is 0.335 e. The molecule has 0 unspecified atom stereocenters. The summed E-state index contributed by atoms with van der Waals surface area (Å²) in [4.78, 5) is 10.7. The van der Waals surface area contributed by atoms with Crippen LogP contribution < -0.4 is 0 Å². The molecule has 0 aromatic heterocycles. The van der Waals surface area contributed by atoms with Crippen molar-refractivity contribution >= 4 is 5.97 Å². The zero-order valence-electron chi connectivity index (χ0n) is 9.12. The van der Waals surface area contributed by atoms with Gasteiger partial charge in [-0.15, -0.1) is 0 Å². The summed E-state index contributed by atoms with van der Waals surface area (Å²) in [5.41, 5.74) is 2.43. The Morgan fingerprint density at radius 3 is 2.47 bits per heavy atom. The van der Waals surface area contributed by atoms with Gasteiger partial charge >= 0.3 is 5.97 Å². The molecule has 82 valence electrons. The molecule has 1 heterocycles. The molecular weight excluding hydrogens is 192 g/mol. The van der Waals surface area contributed by atoms with E-state index in [1.54, 1.807) is 6.07 Å². The van der Waals surface area contributed by atoms with Gasteiger partial charge < -0.3 is 9.84 Å². The quantitative estimate of drug-likeness (QED) is 0.758. The number of rotatable bonds is 2. The summed E-state index contributed by atoms with van der Waals surface area (Å²) in [5, 5.41) is 8.79. The molecule has 0 spiro atoms. The van der Waals surface area contributed by atoms with Crippen molar-refractivity contribution in [3.05, 3.63) is 34.9 Å². The molecule has 1 aliphatic heterocycles. The first kappa shape index (κ1) is 11.7. The van der Waals surface area contributed by atoms with E-state index in [4.69, 9.17) is 5.11 Å². The van der Waals surface area contributed by atoms with Crippen molar-refractivity contribution in [1.29, 1.82) is 0 Å². The molecule has 3 heteroatoms. The van der Waals surface area contributed by atoms with E-state index in [2.05, 4.69) is 4.74 Å². The van der Waals surface area contributed by atoms with Crippen molar-refractivity contribution in [3.63, 3.8) is 0 Å². The van der Waals surface area contributed by atoms with Gasteiger partial charge in [0.05, 0.1) is 18.8 Å². The average Bonchev–Trinajstić information content (AvgIpc) is 3.03. The first-order chi connectivity index (χ1) is 7.15. The van der Waals surface area contributed by atoms with Crippen molar-refractivity contribution in [1.82, 2.24) is 0 Å². The van der Waals surface area contributed by atoms with Crippen LogP contribution in [0.2, 0.25) is 0 Å². The SMILES string of the molecule is C1CO1.CCc1cc(C)ccc1C(=O)O. The van der Waals surface area contributed by atoms with Crippen LogP contribution in [0.15, 0.2) is 18.2 Å². The van der Waals surface area contributed by atoms with E-state index < -0.39 is 5.97 Å². The van der Waals surface area contributed by atoms with E-state index in [0.29, 0.717) is 5.56 Å². The van der Waals surface area contributed by atoms with Crippen LogP contribution in [0.3, 0.4) is 0 Å². The summed E-state index contributed by atoms with van der Waals surface area (Å²) >= 11 is 0. The molecule has 1 aromatic carbocycles. The van der Waals surface area contributed by atoms with Crippen LogP contribution in [0.5, 0.6) is 0 Å². The molecule has 1 saturated heterocycles. The number of carbonyl (C=O) groups is 1. The molecule has 2 rings (SSSR count). The molecule has 15 heavy (non-hydrogen) atoms. The van der Waals surface area contributed by atoms with Crippen LogP contribution in [0.4, 0.5) is 0 Å². The number of ether oxygens (including phenoxy) is 1. The smallest absolute Gasteiger partial charge is 0.335 e. The molecule has 0 atom stereocenters. The third-order valence-electron chi connectivity index (χ3n) is 2.08. The third kappa shape index (κ3) is 4.13. The lowest BCUT2D eigenvalue weighted by Crippen LogP contribution is -2.01. The minimum atomic E-state index is -0.841. The van der Waals surface area contributed by atoms with Crippen molar-refractivity contribution in [2.45, 2.75) is 20.3 Å². The van der Waals surface area contributed by atoms with E-state index in [9.17, 15) is 4.79 Å². The van der Waals surface area contributed by atoms with Gasteiger partial charge in [-0.2, -0.15) is 0 Å². The van der Waals surface area contributed by atoms with Crippen LogP contribution in [0.25, 0.3) is 0 Å². The summed E-state index contributed by atoms with van der Waals surface area (Å²) in [6.45, 7) is 5.92. The molecule has 1 N–H and O–H groups in total. The highest BCUT2D eigenvalue weighted by Gasteiger charge is 2.07. The van der Waals surface area contributed by atoms with E-state index in [-0.39, 0.29) is 0 Å². The average molecular weight is 208 g/mol. The van der Waals surface area contributed by atoms with Gasteiger partial charge in [-0.05, 0) is 25.0 Å². The van der Waals surface area contributed by atoms with E-state index >= 15 is 0 Å². The number of benzene rings is 1. The Bertz CT molecular complexity index is 340. The van der Waals surface area contributed by atoms with Gasteiger partial charge in [0.2, 0.25) is 0 Å². The number of carboxylic acids is 1. The molecule has 1 aromatic rings. The first-order valence-corrected chi connectivity index (χ1v) is 5.05. The summed E-state index contributed by atoms with van der Waals surface area (Å²) in [7, 11) is 0. The predicted octanol–water partition coefficient (Wildman–Crippen LogP) is 2.27. The number of aromatic carboxylic acids is 1. The van der Waals surface area contributed by atoms with Gasteiger partial charge in [0.1, 0.15) is 0 Å². The fourth-order valence-electron chi connectivity index (χ4n) is 1.22. The topological polar surface area (TPSA) is 49.8 Å². The Kier molecular flexibility index (Phi) is 4.31. The summed E-state index contributed by atoms with van der Waals surface area (Å²) in [6.07, 6.45) is 0.767. The molecule has 0 radical (unpaired) electrons. The Morgan fingerprint density at radius 1 is 1.47 bits per heavy atom. The fourth-order valence-corrected chi connectivity index (χ4v) is 1.22. The van der Waals surface area contributed by atoms with Crippen molar-refractivity contribution in [2.75, 3.05) is 13.2 Å². The van der Waals surface area contributed by atoms with E-state index in [1.165, 1.54) is 0 Å². The number of carboxylic acid groups (broad SMARTS) is 1. The monoisotopic (exact) mass is 208 g/mol. The number of hydrogen-bond acceptors (Lipinski definition) is 2. The number of hydrogen-bond donors (Lipinski definition) is 1. The predicted molar refractivity (Wildman–Crippen MR) is 58.3 cm³/mol. The second-order valence-electron chi connectivity index (χ2n) is 3.43. The van der Waals surface area contributed by atoms with E-state index in [0.717, 1.165) is 30.8 Å². The highest BCUT2D eigenvalue weighted by Crippen LogP contribution is 2.12. The molecule has 0 amide bonds. The molecule has 1 fully saturated rings. The zero-order valence-corrected chi connectivity index (χ0v) is 9.12. The first-order valence-electron chi connectivity index (χ1n) is 5.05. The molecule has 0 aliphatic carbocycles. The van der Waals surface area contributed by atoms with Crippen LogP contribution in [-0.4, -0.2) is 24.3 Å². The third-order valence-corrected chi connectivity index (χ3v) is 2.08. The van der Waals surface area contributed by atoms with Crippen molar-refractivity contribution < 1.29 is 14.6 Å². The second kappa shape index (κ2) is 5.51. The highest BCUT2D eigenvalue weighted by molar-refractivity contribution is 5.89. The number of aryl methyl sites for hydroxylation is 2. The molecular formula is C12H16O3. The molecule has 1 aliphatic rings. The van der Waals surface area contributed by atoms with Gasteiger partial charge in [-0.1, -0.05) is 24.6 Å². The Balaban J connectivity index is 0.000000319. The number of epoxide rings is 1. The largest absolute Gasteiger partial charge is 0.478 e. The summed E-state index contributed by atoms with van der Waals surface area (Å²) in [5.74, 6) is -0.841. The van der Waals surface area contributed by atoms with Gasteiger partial charge in [0, 0.05) is 0 Å². The normalized spacial score (nSPS) is 12.7. The molecule has 0 saturated carbocycles. The van der Waals surface area contributed by atoms with Crippen LogP contribution in [-0.2, 0) is 11.2 Å². The maximum atomic E-state index is 10.7. The molecule has 3 nitrogen and oxygen atoms in total. The zero-order chi connectivity index (χ0) is 11.3. The van der Waals surface area contributed by atoms with Gasteiger partial charge in [0.15, 0.2) is 0 Å².